The van der Waals surface area contributed by atoms with Crippen molar-refractivity contribution >= 4 is 21.9 Å². The van der Waals surface area contributed by atoms with Gasteiger partial charge in [0.1, 0.15) is 19.0 Å². The second-order valence-corrected chi connectivity index (χ2v) is 5.38. The van der Waals surface area contributed by atoms with Crippen LogP contribution in [0.4, 0.5) is 0 Å². The highest BCUT2D eigenvalue weighted by Gasteiger charge is 2.05. The van der Waals surface area contributed by atoms with Crippen molar-refractivity contribution in [3.05, 3.63) is 52.5 Å². The van der Waals surface area contributed by atoms with E-state index in [1.807, 2.05) is 30.3 Å². The fourth-order valence-electron chi connectivity index (χ4n) is 1.87. The minimum atomic E-state index is -0.321. The van der Waals surface area contributed by atoms with Crippen molar-refractivity contribution in [3.63, 3.8) is 0 Å². The molecule has 0 heterocycles. The van der Waals surface area contributed by atoms with Gasteiger partial charge in [-0.15, -0.1) is 0 Å². The number of nitrogens with zero attached hydrogens (tertiary/aromatic N) is 1. The molecule has 0 fully saturated rings. The number of nitriles is 1. The summed E-state index contributed by atoms with van der Waals surface area (Å²) >= 11 is 3.47. The van der Waals surface area contributed by atoms with Gasteiger partial charge in [0.05, 0.1) is 16.1 Å². The zero-order chi connectivity index (χ0) is 15.9. The highest BCUT2D eigenvalue weighted by molar-refractivity contribution is 9.10. The molecule has 0 saturated carbocycles. The van der Waals surface area contributed by atoms with E-state index in [1.54, 1.807) is 12.1 Å². The van der Waals surface area contributed by atoms with E-state index in [2.05, 4.69) is 22.0 Å². The molecule has 0 aromatic heterocycles. The second kappa shape index (κ2) is 7.62. The van der Waals surface area contributed by atoms with Crippen molar-refractivity contribution in [2.45, 2.75) is 6.92 Å². The molecule has 0 unspecified atom stereocenters. The summed E-state index contributed by atoms with van der Waals surface area (Å²) in [6, 6.07) is 15.2. The van der Waals surface area contributed by atoms with Gasteiger partial charge in [0.2, 0.25) is 0 Å². The van der Waals surface area contributed by atoms with Crippen molar-refractivity contribution in [2.24, 2.45) is 0 Å². The lowest BCUT2D eigenvalue weighted by Gasteiger charge is -2.10. The third-order valence-electron chi connectivity index (χ3n) is 2.93. The van der Waals surface area contributed by atoms with Crippen molar-refractivity contribution in [1.29, 1.82) is 5.26 Å². The molecule has 0 spiro atoms. The van der Waals surface area contributed by atoms with Crippen molar-refractivity contribution < 1.29 is 14.3 Å². The number of ether oxygens (including phenoxy) is 2. The van der Waals surface area contributed by atoms with Crippen molar-refractivity contribution in [2.75, 3.05) is 13.2 Å². The minimum absolute atomic E-state index is 0.221. The molecule has 4 nitrogen and oxygen atoms in total. The number of esters is 1. The summed E-state index contributed by atoms with van der Waals surface area (Å²) in [5, 5.41) is 8.81. The van der Waals surface area contributed by atoms with Gasteiger partial charge in [0.15, 0.2) is 0 Å². The predicted octanol–water partition coefficient (Wildman–Crippen LogP) is 3.93. The van der Waals surface area contributed by atoms with E-state index in [0.717, 1.165) is 15.6 Å². The van der Waals surface area contributed by atoms with Crippen LogP contribution in [0.2, 0.25) is 0 Å². The SMILES string of the molecule is CC(=O)OCCOc1ccc(-c2ccc(C#N)cc2)cc1Br. The van der Waals surface area contributed by atoms with Gasteiger partial charge in [-0.3, -0.25) is 4.79 Å². The van der Waals surface area contributed by atoms with Crippen LogP contribution in [0.1, 0.15) is 12.5 Å². The molecule has 0 amide bonds. The molecule has 2 aromatic rings. The zero-order valence-corrected chi connectivity index (χ0v) is 13.6. The van der Waals surface area contributed by atoms with Gasteiger partial charge in [-0.2, -0.15) is 5.26 Å². The molecule has 112 valence electrons. The van der Waals surface area contributed by atoms with E-state index in [9.17, 15) is 4.79 Å². The molecule has 0 aliphatic carbocycles. The number of hydrogen-bond acceptors (Lipinski definition) is 4. The maximum Gasteiger partial charge on any atom is 0.302 e. The molecule has 0 atom stereocenters. The number of benzene rings is 2. The predicted molar refractivity (Wildman–Crippen MR) is 86.4 cm³/mol. The monoisotopic (exact) mass is 359 g/mol. The Morgan fingerprint density at radius 3 is 2.41 bits per heavy atom. The Morgan fingerprint density at radius 1 is 1.14 bits per heavy atom. The van der Waals surface area contributed by atoms with Crippen LogP contribution in [0, 0.1) is 11.3 Å². The van der Waals surface area contributed by atoms with Gasteiger partial charge < -0.3 is 9.47 Å². The Balaban J connectivity index is 2.05. The lowest BCUT2D eigenvalue weighted by molar-refractivity contribution is -0.141. The first kappa shape index (κ1) is 16.1. The van der Waals surface area contributed by atoms with Crippen LogP contribution >= 0.6 is 15.9 Å². The Labute approximate surface area is 137 Å². The van der Waals surface area contributed by atoms with Crippen molar-refractivity contribution in [1.82, 2.24) is 0 Å². The van der Waals surface area contributed by atoms with E-state index < -0.39 is 0 Å². The van der Waals surface area contributed by atoms with Gasteiger partial charge >= 0.3 is 5.97 Å². The molecule has 0 aliphatic rings. The molecular weight excluding hydrogens is 346 g/mol. The van der Waals surface area contributed by atoms with Crippen LogP contribution in [0.5, 0.6) is 5.75 Å². The van der Waals surface area contributed by atoms with Crippen molar-refractivity contribution in [3.8, 4) is 22.9 Å². The zero-order valence-electron chi connectivity index (χ0n) is 12.0. The van der Waals surface area contributed by atoms with Crippen LogP contribution in [0.15, 0.2) is 46.9 Å². The van der Waals surface area contributed by atoms with Gasteiger partial charge in [-0.1, -0.05) is 18.2 Å². The first-order valence-corrected chi connectivity index (χ1v) is 7.45. The highest BCUT2D eigenvalue weighted by atomic mass is 79.9. The van der Waals surface area contributed by atoms with Gasteiger partial charge in [0, 0.05) is 6.92 Å². The minimum Gasteiger partial charge on any atom is -0.489 e. The standard InChI is InChI=1S/C17H14BrNO3/c1-12(20)21-8-9-22-17-7-6-15(10-16(17)18)14-4-2-13(11-19)3-5-14/h2-7,10H,8-9H2,1H3. The van der Waals surface area contributed by atoms with Crippen LogP contribution in [-0.2, 0) is 9.53 Å². The summed E-state index contributed by atoms with van der Waals surface area (Å²) < 4.78 is 11.2. The summed E-state index contributed by atoms with van der Waals surface area (Å²) in [6.45, 7) is 1.88. The summed E-state index contributed by atoms with van der Waals surface area (Å²) in [6.07, 6.45) is 0. The summed E-state index contributed by atoms with van der Waals surface area (Å²) in [4.78, 5) is 10.7. The Hall–Kier alpha value is -2.32. The molecule has 22 heavy (non-hydrogen) atoms. The molecule has 0 saturated heterocycles. The Morgan fingerprint density at radius 2 is 1.82 bits per heavy atom. The summed E-state index contributed by atoms with van der Waals surface area (Å²) in [7, 11) is 0. The van der Waals surface area contributed by atoms with Crippen LogP contribution in [-0.4, -0.2) is 19.2 Å². The fraction of sp³-hybridized carbons (Fsp3) is 0.176. The molecule has 2 aromatic carbocycles. The van der Waals surface area contributed by atoms with Crippen LogP contribution in [0.25, 0.3) is 11.1 Å². The maximum atomic E-state index is 10.7. The molecule has 2 rings (SSSR count). The molecular formula is C17H14BrNO3. The van der Waals surface area contributed by atoms with E-state index in [1.165, 1.54) is 6.92 Å². The first-order valence-electron chi connectivity index (χ1n) is 6.66. The topological polar surface area (TPSA) is 59.3 Å². The van der Waals surface area contributed by atoms with Gasteiger partial charge in [-0.25, -0.2) is 0 Å². The lowest BCUT2D eigenvalue weighted by Crippen LogP contribution is -2.09. The quantitative estimate of drug-likeness (QED) is 0.599. The van der Waals surface area contributed by atoms with E-state index in [-0.39, 0.29) is 12.6 Å². The largest absolute Gasteiger partial charge is 0.489 e. The Kier molecular flexibility index (Phi) is 5.56. The molecule has 5 heteroatoms. The number of halogens is 1. The summed E-state index contributed by atoms with van der Waals surface area (Å²) in [5.41, 5.74) is 2.67. The number of hydrogen-bond donors (Lipinski definition) is 0. The maximum absolute atomic E-state index is 10.7. The molecule has 0 bridgehead atoms. The third kappa shape index (κ3) is 4.34. The third-order valence-corrected chi connectivity index (χ3v) is 3.55. The molecule has 0 N–H and O–H groups in total. The van der Waals surface area contributed by atoms with E-state index in [4.69, 9.17) is 14.7 Å². The molecule has 0 radical (unpaired) electrons. The average Bonchev–Trinajstić information content (AvgIpc) is 2.52. The van der Waals surface area contributed by atoms with Crippen LogP contribution < -0.4 is 4.74 Å². The van der Waals surface area contributed by atoms with Crippen LogP contribution in [0.3, 0.4) is 0 Å². The lowest BCUT2D eigenvalue weighted by atomic mass is 10.0. The number of carbonyl (C=O) groups excluding carboxylic acids is 1. The first-order chi connectivity index (χ1) is 10.6. The average molecular weight is 360 g/mol. The second-order valence-electron chi connectivity index (χ2n) is 4.52. The normalized spacial score (nSPS) is 9.86. The van der Waals surface area contributed by atoms with Gasteiger partial charge in [0.25, 0.3) is 0 Å². The number of carbonyl (C=O) groups is 1. The van der Waals surface area contributed by atoms with E-state index >= 15 is 0 Å². The summed E-state index contributed by atoms with van der Waals surface area (Å²) in [5.74, 6) is 0.364. The molecule has 0 aliphatic heterocycles. The Bertz CT molecular complexity index is 705. The fourth-order valence-corrected chi connectivity index (χ4v) is 2.36. The van der Waals surface area contributed by atoms with E-state index in [0.29, 0.717) is 17.9 Å². The smallest absolute Gasteiger partial charge is 0.302 e. The number of rotatable bonds is 5. The van der Waals surface area contributed by atoms with Gasteiger partial charge in [-0.05, 0) is 51.3 Å². The highest BCUT2D eigenvalue weighted by Crippen LogP contribution is 2.30.